The predicted octanol–water partition coefficient (Wildman–Crippen LogP) is 1.11. The van der Waals surface area contributed by atoms with Crippen molar-refractivity contribution in [2.45, 2.75) is 50.6 Å². The predicted molar refractivity (Wildman–Crippen MR) is 68.9 cm³/mol. The summed E-state index contributed by atoms with van der Waals surface area (Å²) in [6, 6.07) is -0.390. The van der Waals surface area contributed by atoms with Crippen LogP contribution in [0.3, 0.4) is 0 Å². The third-order valence-corrected chi connectivity index (χ3v) is 4.25. The van der Waals surface area contributed by atoms with E-state index in [4.69, 9.17) is 4.74 Å². The molecule has 6 heteroatoms. The SMILES string of the molecule is CC(NC(=O)NC1(C(=O)O)CCCC1)C1CCOC1. The van der Waals surface area contributed by atoms with E-state index in [1.165, 1.54) is 0 Å². The van der Waals surface area contributed by atoms with E-state index in [-0.39, 0.29) is 12.1 Å². The van der Waals surface area contributed by atoms with Gasteiger partial charge in [-0.05, 0) is 26.2 Å². The highest BCUT2D eigenvalue weighted by atomic mass is 16.5. The minimum atomic E-state index is -1.07. The van der Waals surface area contributed by atoms with Crippen molar-refractivity contribution in [3.8, 4) is 0 Å². The van der Waals surface area contributed by atoms with E-state index < -0.39 is 11.5 Å². The summed E-state index contributed by atoms with van der Waals surface area (Å²) in [6.45, 7) is 3.32. The van der Waals surface area contributed by atoms with Crippen LogP contribution in [0.25, 0.3) is 0 Å². The fourth-order valence-electron chi connectivity index (χ4n) is 2.90. The van der Waals surface area contributed by atoms with Crippen LogP contribution in [-0.2, 0) is 9.53 Å². The molecule has 2 aliphatic rings. The molecule has 3 N–H and O–H groups in total. The second-order valence-corrected chi connectivity index (χ2v) is 5.61. The molecular formula is C13H22N2O4. The molecule has 2 rings (SSSR count). The van der Waals surface area contributed by atoms with Gasteiger partial charge in [0.2, 0.25) is 0 Å². The van der Waals surface area contributed by atoms with E-state index in [1.54, 1.807) is 0 Å². The summed E-state index contributed by atoms with van der Waals surface area (Å²) in [7, 11) is 0. The van der Waals surface area contributed by atoms with Crippen molar-refractivity contribution in [1.29, 1.82) is 0 Å². The van der Waals surface area contributed by atoms with E-state index in [0.29, 0.717) is 25.4 Å². The zero-order valence-electron chi connectivity index (χ0n) is 11.3. The van der Waals surface area contributed by atoms with Crippen molar-refractivity contribution in [3.63, 3.8) is 0 Å². The second-order valence-electron chi connectivity index (χ2n) is 5.61. The van der Waals surface area contributed by atoms with E-state index in [9.17, 15) is 14.7 Å². The average Bonchev–Trinajstić information content (AvgIpc) is 2.99. The highest BCUT2D eigenvalue weighted by Crippen LogP contribution is 2.29. The molecule has 1 aliphatic heterocycles. The molecule has 0 spiro atoms. The van der Waals surface area contributed by atoms with Gasteiger partial charge >= 0.3 is 12.0 Å². The smallest absolute Gasteiger partial charge is 0.329 e. The van der Waals surface area contributed by atoms with Gasteiger partial charge in [0, 0.05) is 18.6 Å². The van der Waals surface area contributed by atoms with Gasteiger partial charge < -0.3 is 20.5 Å². The van der Waals surface area contributed by atoms with Crippen LogP contribution in [-0.4, -0.2) is 41.9 Å². The lowest BCUT2D eigenvalue weighted by Crippen LogP contribution is -2.57. The molecule has 0 aromatic carbocycles. The van der Waals surface area contributed by atoms with Gasteiger partial charge in [0.25, 0.3) is 0 Å². The molecule has 19 heavy (non-hydrogen) atoms. The van der Waals surface area contributed by atoms with Gasteiger partial charge in [0.05, 0.1) is 6.61 Å². The Morgan fingerprint density at radius 2 is 2.05 bits per heavy atom. The van der Waals surface area contributed by atoms with E-state index >= 15 is 0 Å². The van der Waals surface area contributed by atoms with E-state index in [0.717, 1.165) is 25.9 Å². The van der Waals surface area contributed by atoms with Crippen LogP contribution in [0.15, 0.2) is 0 Å². The van der Waals surface area contributed by atoms with Crippen LogP contribution in [0.4, 0.5) is 4.79 Å². The minimum absolute atomic E-state index is 0.00486. The Morgan fingerprint density at radius 3 is 2.58 bits per heavy atom. The first-order valence-electron chi connectivity index (χ1n) is 6.93. The molecule has 0 aromatic rings. The van der Waals surface area contributed by atoms with Crippen LogP contribution >= 0.6 is 0 Å². The Balaban J connectivity index is 1.87. The van der Waals surface area contributed by atoms with E-state index in [2.05, 4.69) is 10.6 Å². The summed E-state index contributed by atoms with van der Waals surface area (Å²) in [5, 5.41) is 14.8. The summed E-state index contributed by atoms with van der Waals surface area (Å²) in [6.07, 6.45) is 3.65. The van der Waals surface area contributed by atoms with Crippen LogP contribution in [0.2, 0.25) is 0 Å². The Bertz CT molecular complexity index is 347. The summed E-state index contributed by atoms with van der Waals surface area (Å²) >= 11 is 0. The lowest BCUT2D eigenvalue weighted by Gasteiger charge is -2.27. The number of hydrogen-bond donors (Lipinski definition) is 3. The number of carbonyl (C=O) groups excluding carboxylic acids is 1. The highest BCUT2D eigenvalue weighted by molar-refractivity contribution is 5.86. The van der Waals surface area contributed by atoms with Crippen molar-refractivity contribution in [2.75, 3.05) is 13.2 Å². The molecule has 1 heterocycles. The topological polar surface area (TPSA) is 87.7 Å². The third-order valence-electron chi connectivity index (χ3n) is 4.25. The number of hydrogen-bond acceptors (Lipinski definition) is 3. The third kappa shape index (κ3) is 3.18. The van der Waals surface area contributed by atoms with Crippen molar-refractivity contribution in [2.24, 2.45) is 5.92 Å². The number of carboxylic acid groups (broad SMARTS) is 1. The zero-order valence-corrected chi connectivity index (χ0v) is 11.3. The first-order chi connectivity index (χ1) is 9.03. The molecule has 2 amide bonds. The van der Waals surface area contributed by atoms with Gasteiger partial charge in [0.1, 0.15) is 5.54 Å². The number of carboxylic acids is 1. The zero-order chi connectivity index (χ0) is 13.9. The highest BCUT2D eigenvalue weighted by Gasteiger charge is 2.42. The molecule has 1 saturated heterocycles. The average molecular weight is 270 g/mol. The molecule has 2 atom stereocenters. The second kappa shape index (κ2) is 5.77. The summed E-state index contributed by atoms with van der Waals surface area (Å²) in [4.78, 5) is 23.3. The van der Waals surface area contributed by atoms with Gasteiger partial charge in [0.15, 0.2) is 0 Å². The Morgan fingerprint density at radius 1 is 1.37 bits per heavy atom. The van der Waals surface area contributed by atoms with Crippen molar-refractivity contribution in [3.05, 3.63) is 0 Å². The molecule has 2 unspecified atom stereocenters. The van der Waals surface area contributed by atoms with Crippen LogP contribution in [0, 0.1) is 5.92 Å². The molecular weight excluding hydrogens is 248 g/mol. The quantitative estimate of drug-likeness (QED) is 0.714. The maximum atomic E-state index is 11.9. The molecule has 6 nitrogen and oxygen atoms in total. The van der Waals surface area contributed by atoms with Gasteiger partial charge in [-0.2, -0.15) is 0 Å². The molecule has 0 aromatic heterocycles. The lowest BCUT2D eigenvalue weighted by molar-refractivity contribution is -0.144. The van der Waals surface area contributed by atoms with Gasteiger partial charge in [-0.25, -0.2) is 9.59 Å². The standard InChI is InChI=1S/C13H22N2O4/c1-9(10-4-7-19-8-10)14-12(18)15-13(11(16)17)5-2-3-6-13/h9-10H,2-8H2,1H3,(H,16,17)(H2,14,15,18). The maximum Gasteiger partial charge on any atom is 0.329 e. The minimum Gasteiger partial charge on any atom is -0.480 e. The molecule has 108 valence electrons. The fourth-order valence-corrected chi connectivity index (χ4v) is 2.90. The molecule has 2 fully saturated rings. The maximum absolute atomic E-state index is 11.9. The largest absolute Gasteiger partial charge is 0.480 e. The van der Waals surface area contributed by atoms with Crippen molar-refractivity contribution < 1.29 is 19.4 Å². The summed E-state index contributed by atoms with van der Waals surface area (Å²) in [5.74, 6) is -0.618. The van der Waals surface area contributed by atoms with E-state index in [1.807, 2.05) is 6.92 Å². The normalized spacial score (nSPS) is 26.9. The number of urea groups is 1. The fraction of sp³-hybridized carbons (Fsp3) is 0.846. The number of rotatable bonds is 4. The number of aliphatic carboxylic acids is 1. The monoisotopic (exact) mass is 270 g/mol. The van der Waals surface area contributed by atoms with Gasteiger partial charge in [-0.3, -0.25) is 0 Å². The number of nitrogens with one attached hydrogen (secondary N) is 2. The Labute approximate surface area is 112 Å². The number of ether oxygens (including phenoxy) is 1. The first kappa shape index (κ1) is 14.1. The summed E-state index contributed by atoms with van der Waals surface area (Å²) < 4.78 is 5.29. The summed E-state index contributed by atoms with van der Waals surface area (Å²) in [5.41, 5.74) is -1.07. The Hall–Kier alpha value is -1.30. The number of amides is 2. The Kier molecular flexibility index (Phi) is 4.29. The molecule has 0 bridgehead atoms. The molecule has 0 radical (unpaired) electrons. The lowest BCUT2D eigenvalue weighted by atomic mass is 9.98. The molecule has 1 saturated carbocycles. The van der Waals surface area contributed by atoms with Crippen LogP contribution in [0.1, 0.15) is 39.0 Å². The molecule has 1 aliphatic carbocycles. The first-order valence-corrected chi connectivity index (χ1v) is 6.93. The van der Waals surface area contributed by atoms with Crippen LogP contribution < -0.4 is 10.6 Å². The van der Waals surface area contributed by atoms with Gasteiger partial charge in [-0.15, -0.1) is 0 Å². The number of carbonyl (C=O) groups is 2. The van der Waals surface area contributed by atoms with Crippen molar-refractivity contribution in [1.82, 2.24) is 10.6 Å². The van der Waals surface area contributed by atoms with Gasteiger partial charge in [-0.1, -0.05) is 12.8 Å². The van der Waals surface area contributed by atoms with Crippen molar-refractivity contribution >= 4 is 12.0 Å². The van der Waals surface area contributed by atoms with Crippen LogP contribution in [0.5, 0.6) is 0 Å².